The van der Waals surface area contributed by atoms with Crippen LogP contribution in [0.2, 0.25) is 5.02 Å². The molecule has 1 N–H and O–H groups in total. The van der Waals surface area contributed by atoms with E-state index < -0.39 is 17.6 Å². The van der Waals surface area contributed by atoms with Crippen LogP contribution in [0.15, 0.2) is 41.3 Å². The number of piperazine rings is 1. The predicted molar refractivity (Wildman–Crippen MR) is 180 cm³/mol. The smallest absolute Gasteiger partial charge is 0.362 e. The predicted octanol–water partition coefficient (Wildman–Crippen LogP) is 4.67. The molecule has 2 amide bonds. The quantitative estimate of drug-likeness (QED) is 0.282. The lowest BCUT2D eigenvalue weighted by molar-refractivity contribution is -0.137. The fourth-order valence-electron chi connectivity index (χ4n) is 6.47. The van der Waals surface area contributed by atoms with Crippen LogP contribution in [0.25, 0.3) is 5.78 Å². The van der Waals surface area contributed by atoms with Crippen molar-refractivity contribution >= 4 is 46.5 Å². The van der Waals surface area contributed by atoms with Gasteiger partial charge in [-0.3, -0.25) is 19.4 Å². The van der Waals surface area contributed by atoms with E-state index in [0.29, 0.717) is 62.0 Å². The van der Waals surface area contributed by atoms with Gasteiger partial charge in [-0.05, 0) is 61.9 Å². The molecule has 0 aliphatic carbocycles. The number of alkyl halides is 3. The zero-order valence-corrected chi connectivity index (χ0v) is 28.0. The monoisotopic (exact) mass is 699 g/mol. The first-order valence-electron chi connectivity index (χ1n) is 16.4. The van der Waals surface area contributed by atoms with Gasteiger partial charge in [-0.15, -0.1) is 5.10 Å². The van der Waals surface area contributed by atoms with Crippen LogP contribution in [0.5, 0.6) is 0 Å². The number of carbonyl (C=O) groups excluding carboxylic acids is 2. The number of aryl methyl sites for hydroxylation is 1. The number of piperidine rings is 1. The third kappa shape index (κ3) is 6.94. The molecule has 0 radical (unpaired) electrons. The van der Waals surface area contributed by atoms with Crippen LogP contribution in [0.1, 0.15) is 60.4 Å². The molecule has 0 bridgehead atoms. The maximum atomic E-state index is 14.2. The Kier molecular flexibility index (Phi) is 9.82. The first-order valence-corrected chi connectivity index (χ1v) is 16.8. The summed E-state index contributed by atoms with van der Waals surface area (Å²) >= 11 is 6.13. The van der Waals surface area contributed by atoms with Crippen molar-refractivity contribution in [2.45, 2.75) is 58.7 Å². The number of anilines is 3. The lowest BCUT2D eigenvalue weighted by atomic mass is 10.1. The summed E-state index contributed by atoms with van der Waals surface area (Å²) in [5, 5.41) is 6.96. The molecule has 5 heterocycles. The number of aromatic nitrogens is 5. The van der Waals surface area contributed by atoms with Gasteiger partial charge in [0.05, 0.1) is 22.0 Å². The van der Waals surface area contributed by atoms with Gasteiger partial charge >= 0.3 is 6.18 Å². The number of hydrogen-bond donors (Lipinski definition) is 1. The van der Waals surface area contributed by atoms with Gasteiger partial charge in [-0.25, -0.2) is 0 Å². The van der Waals surface area contributed by atoms with Gasteiger partial charge < -0.3 is 24.6 Å². The van der Waals surface area contributed by atoms with Gasteiger partial charge in [-0.1, -0.05) is 31.5 Å². The zero-order valence-electron chi connectivity index (χ0n) is 27.3. The molecule has 49 heavy (non-hydrogen) atoms. The van der Waals surface area contributed by atoms with Crippen LogP contribution in [0, 0.1) is 0 Å². The number of nitrogens with one attached hydrogen (secondary N) is 1. The number of pyridine rings is 1. The van der Waals surface area contributed by atoms with Crippen molar-refractivity contribution in [3.63, 3.8) is 0 Å². The number of amides is 2. The minimum absolute atomic E-state index is 0.0189. The summed E-state index contributed by atoms with van der Waals surface area (Å²) in [6.45, 7) is 6.40. The molecule has 6 rings (SSSR count). The Bertz CT molecular complexity index is 1930. The minimum atomic E-state index is -4.59. The molecule has 3 aromatic heterocycles. The van der Waals surface area contributed by atoms with E-state index in [1.807, 2.05) is 29.7 Å². The van der Waals surface area contributed by atoms with Crippen molar-refractivity contribution in [3.8, 4) is 0 Å². The summed E-state index contributed by atoms with van der Waals surface area (Å²) in [5.74, 6) is -0.182. The van der Waals surface area contributed by atoms with Crippen molar-refractivity contribution in [3.05, 3.63) is 74.4 Å². The van der Waals surface area contributed by atoms with E-state index in [1.54, 1.807) is 21.7 Å². The number of fused-ring (bicyclic) bond motifs is 1. The molecule has 2 saturated heterocycles. The van der Waals surface area contributed by atoms with Gasteiger partial charge in [0.1, 0.15) is 17.9 Å². The van der Waals surface area contributed by atoms with E-state index in [4.69, 9.17) is 16.6 Å². The molecule has 260 valence electrons. The van der Waals surface area contributed by atoms with Crippen LogP contribution in [0.3, 0.4) is 0 Å². The van der Waals surface area contributed by atoms with Crippen LogP contribution >= 0.6 is 11.6 Å². The average molecular weight is 700 g/mol. The fourth-order valence-corrected chi connectivity index (χ4v) is 6.70. The Hall–Kier alpha value is -4.66. The second-order valence-electron chi connectivity index (χ2n) is 12.1. The molecule has 2 aliphatic rings. The minimum Gasteiger partial charge on any atom is -0.362 e. The molecular weight excluding hydrogens is 663 g/mol. The number of nitrogens with zero attached hydrogens (tertiary/aromatic N) is 8. The molecule has 0 unspecified atom stereocenters. The molecule has 4 aromatic rings. The lowest BCUT2D eigenvalue weighted by Crippen LogP contribution is -2.51. The maximum absolute atomic E-state index is 14.2. The molecule has 0 atom stereocenters. The van der Waals surface area contributed by atoms with E-state index >= 15 is 0 Å². The third-order valence-corrected chi connectivity index (χ3v) is 9.33. The van der Waals surface area contributed by atoms with Gasteiger partial charge in [0, 0.05) is 45.5 Å². The van der Waals surface area contributed by atoms with Crippen LogP contribution < -0.4 is 20.7 Å². The van der Waals surface area contributed by atoms with Crippen LogP contribution in [0.4, 0.5) is 30.5 Å². The molecule has 1 aromatic carbocycles. The topological polar surface area (TPSA) is 121 Å². The van der Waals surface area contributed by atoms with Gasteiger partial charge in [-0.2, -0.15) is 22.7 Å². The van der Waals surface area contributed by atoms with Gasteiger partial charge in [0.2, 0.25) is 17.6 Å². The maximum Gasteiger partial charge on any atom is 0.416 e. The highest BCUT2D eigenvalue weighted by molar-refractivity contribution is 6.33. The van der Waals surface area contributed by atoms with Gasteiger partial charge in [0.15, 0.2) is 0 Å². The SMILES string of the molecule is CCc1cccnc1C(=O)N1CCN(c2c(CC)n(CC(=O)Nc3ccc(C(F)(F)F)cc3Cl)c3nc(N4CCCCC4)nn3c2=O)CC1. The first-order chi connectivity index (χ1) is 23.5. The van der Waals surface area contributed by atoms with E-state index in [1.165, 1.54) is 4.52 Å². The number of hydrogen-bond acceptors (Lipinski definition) is 8. The van der Waals surface area contributed by atoms with Crippen molar-refractivity contribution in [1.29, 1.82) is 0 Å². The van der Waals surface area contributed by atoms with E-state index in [2.05, 4.69) is 15.4 Å². The second-order valence-corrected chi connectivity index (χ2v) is 12.5. The Morgan fingerprint density at radius 3 is 2.35 bits per heavy atom. The number of benzene rings is 1. The van der Waals surface area contributed by atoms with E-state index in [-0.39, 0.29) is 34.5 Å². The highest BCUT2D eigenvalue weighted by Crippen LogP contribution is 2.34. The molecule has 0 saturated carbocycles. The van der Waals surface area contributed by atoms with Crippen LogP contribution in [-0.2, 0) is 30.4 Å². The number of rotatable bonds is 8. The number of carbonyl (C=O) groups is 2. The summed E-state index contributed by atoms with van der Waals surface area (Å²) in [7, 11) is 0. The van der Waals surface area contributed by atoms with Crippen molar-refractivity contribution in [2.75, 3.05) is 54.4 Å². The molecule has 2 fully saturated rings. The average Bonchev–Trinajstić information content (AvgIpc) is 3.56. The van der Waals surface area contributed by atoms with Crippen LogP contribution in [-0.4, -0.2) is 80.1 Å². The summed E-state index contributed by atoms with van der Waals surface area (Å²) in [6.07, 6.45) is 1.05. The fraction of sp³-hybridized carbons (Fsp3) is 0.455. The lowest BCUT2D eigenvalue weighted by Gasteiger charge is -2.36. The Morgan fingerprint density at radius 2 is 1.69 bits per heavy atom. The second kappa shape index (κ2) is 14.1. The van der Waals surface area contributed by atoms with E-state index in [0.717, 1.165) is 56.1 Å². The Morgan fingerprint density at radius 1 is 0.959 bits per heavy atom. The van der Waals surface area contributed by atoms with E-state index in [9.17, 15) is 27.6 Å². The summed E-state index contributed by atoms with van der Waals surface area (Å²) in [4.78, 5) is 55.8. The van der Waals surface area contributed by atoms with Crippen molar-refractivity contribution in [2.24, 2.45) is 0 Å². The molecule has 0 spiro atoms. The van der Waals surface area contributed by atoms with Crippen molar-refractivity contribution < 1.29 is 22.8 Å². The Labute approximate surface area is 285 Å². The standard InChI is InChI=1S/C33H37ClF3N9O3/c1-3-21-9-8-12-38-27(21)29(48)43-17-15-42(16-18-43)28-25(4-2)45(20-26(47)39-24-11-10-22(19-23(24)34)33(35,36)37)32-40-31(41-46(32)30(28)49)44-13-6-5-7-14-44/h8-12,19H,3-7,13-18,20H2,1-2H3,(H,39,47). The van der Waals surface area contributed by atoms with Gasteiger partial charge in [0.25, 0.3) is 11.5 Å². The largest absolute Gasteiger partial charge is 0.416 e. The highest BCUT2D eigenvalue weighted by Gasteiger charge is 2.32. The third-order valence-electron chi connectivity index (χ3n) is 9.02. The summed E-state index contributed by atoms with van der Waals surface area (Å²) in [6, 6.07) is 6.41. The Balaban J connectivity index is 1.33. The first kappa shape index (κ1) is 34.2. The summed E-state index contributed by atoms with van der Waals surface area (Å²) < 4.78 is 42.4. The van der Waals surface area contributed by atoms with Crippen molar-refractivity contribution in [1.82, 2.24) is 29.0 Å². The highest BCUT2D eigenvalue weighted by atomic mass is 35.5. The molecule has 2 aliphatic heterocycles. The normalized spacial score (nSPS) is 15.6. The molecule has 16 heteroatoms. The zero-order chi connectivity index (χ0) is 34.9. The summed E-state index contributed by atoms with van der Waals surface area (Å²) in [5.41, 5.74) is 0.878. The molecule has 12 nitrogen and oxygen atoms in total. The molecular formula is C33H37ClF3N9O3. The number of halogens is 4.